The molecule has 0 aliphatic rings. The molecule has 6 nitrogen and oxygen atoms in total. The average molecular weight is 419 g/mol. The van der Waals surface area contributed by atoms with E-state index >= 15 is 0 Å². The highest BCUT2D eigenvalue weighted by Gasteiger charge is 2.63. The second-order valence-electron chi connectivity index (χ2n) is 5.73. The molecule has 0 bridgehead atoms. The Morgan fingerprint density at radius 3 is 1.52 bits per heavy atom. The van der Waals surface area contributed by atoms with Crippen LogP contribution in [0.1, 0.15) is 27.2 Å². The van der Waals surface area contributed by atoms with Gasteiger partial charge in [0.25, 0.3) is 19.7 Å². The zero-order valence-corrected chi connectivity index (χ0v) is 14.8. The number of rotatable bonds is 6. The SMILES string of the molecule is C=C(C)C(=O)NC(C)(C)CC(S(=O)(=O)C(F)(F)F)S(=O)(=O)C(F)(F)F. The molecule has 14 heteroatoms. The minimum atomic E-state index is -6.75. The lowest BCUT2D eigenvalue weighted by molar-refractivity contribution is -0.119. The molecule has 0 unspecified atom stereocenters. The van der Waals surface area contributed by atoms with E-state index in [1.807, 2.05) is 5.32 Å². The fourth-order valence-electron chi connectivity index (χ4n) is 1.57. The van der Waals surface area contributed by atoms with Crippen LogP contribution in [0.4, 0.5) is 26.3 Å². The van der Waals surface area contributed by atoms with Gasteiger partial charge in [0.2, 0.25) is 5.91 Å². The minimum Gasteiger partial charge on any atom is -0.347 e. The molecule has 0 aliphatic heterocycles. The van der Waals surface area contributed by atoms with Crippen LogP contribution in [0.5, 0.6) is 0 Å². The van der Waals surface area contributed by atoms with Gasteiger partial charge in [-0.15, -0.1) is 0 Å². The molecule has 0 aromatic carbocycles. The smallest absolute Gasteiger partial charge is 0.347 e. The molecule has 0 rings (SSSR count). The first-order valence-corrected chi connectivity index (χ1v) is 9.34. The average Bonchev–Trinajstić information content (AvgIpc) is 2.32. The Labute approximate surface area is 140 Å². The van der Waals surface area contributed by atoms with Gasteiger partial charge in [0.1, 0.15) is 0 Å². The van der Waals surface area contributed by atoms with Gasteiger partial charge in [-0.05, 0) is 20.8 Å². The Hall–Kier alpha value is -1.31. The molecule has 1 N–H and O–H groups in total. The summed E-state index contributed by atoms with van der Waals surface area (Å²) in [7, 11) is -13.5. The molecule has 1 amide bonds. The summed E-state index contributed by atoms with van der Waals surface area (Å²) in [5, 5.41) is 1.93. The van der Waals surface area contributed by atoms with E-state index in [1.54, 1.807) is 0 Å². The third kappa shape index (κ3) is 5.33. The fourth-order valence-corrected chi connectivity index (χ4v) is 5.42. The minimum absolute atomic E-state index is 0.179. The van der Waals surface area contributed by atoms with Gasteiger partial charge in [-0.1, -0.05) is 6.58 Å². The quantitative estimate of drug-likeness (QED) is 0.525. The van der Waals surface area contributed by atoms with Crippen LogP contribution in [-0.2, 0) is 24.5 Å². The molecule has 0 heterocycles. The normalized spacial score (nSPS) is 14.5. The topological polar surface area (TPSA) is 97.4 Å². The van der Waals surface area contributed by atoms with E-state index in [4.69, 9.17) is 0 Å². The maximum Gasteiger partial charge on any atom is 0.498 e. The molecule has 0 aromatic rings. The molecule has 0 aliphatic carbocycles. The lowest BCUT2D eigenvalue weighted by Crippen LogP contribution is -2.52. The van der Waals surface area contributed by atoms with E-state index in [0.717, 1.165) is 13.8 Å². The number of sulfone groups is 2. The Kier molecular flexibility index (Phi) is 6.42. The third-order valence-electron chi connectivity index (χ3n) is 2.85. The zero-order valence-electron chi connectivity index (χ0n) is 13.1. The molecule has 148 valence electrons. The Bertz CT molecular complexity index is 705. The van der Waals surface area contributed by atoms with Gasteiger partial charge in [0.15, 0.2) is 4.58 Å². The summed E-state index contributed by atoms with van der Waals surface area (Å²) in [5.74, 6) is -1.00. The molecule has 25 heavy (non-hydrogen) atoms. The first-order chi connectivity index (χ1) is 10.7. The summed E-state index contributed by atoms with van der Waals surface area (Å²) in [5.41, 5.74) is -14.7. The van der Waals surface area contributed by atoms with Crippen LogP contribution >= 0.6 is 0 Å². The van der Waals surface area contributed by atoms with Gasteiger partial charge in [-0.2, -0.15) is 26.3 Å². The highest BCUT2D eigenvalue weighted by molar-refractivity contribution is 8.09. The molecular weight excluding hydrogens is 404 g/mol. The van der Waals surface area contributed by atoms with E-state index in [0.29, 0.717) is 0 Å². The van der Waals surface area contributed by atoms with Gasteiger partial charge in [-0.3, -0.25) is 4.79 Å². The molecule has 0 radical (unpaired) electrons. The predicted molar refractivity (Wildman–Crippen MR) is 75.4 cm³/mol. The number of hydrogen-bond acceptors (Lipinski definition) is 5. The van der Waals surface area contributed by atoms with E-state index < -0.39 is 53.1 Å². The zero-order chi connectivity index (χ0) is 20.6. The van der Waals surface area contributed by atoms with Crippen LogP contribution in [0.2, 0.25) is 0 Å². The van der Waals surface area contributed by atoms with E-state index in [1.165, 1.54) is 6.92 Å². The summed E-state index contributed by atoms with van der Waals surface area (Å²) in [6.45, 7) is 6.10. The highest BCUT2D eigenvalue weighted by Crippen LogP contribution is 2.39. The van der Waals surface area contributed by atoms with Crippen LogP contribution in [0, 0.1) is 0 Å². The Morgan fingerprint density at radius 1 is 0.960 bits per heavy atom. The summed E-state index contributed by atoms with van der Waals surface area (Å²) in [4.78, 5) is 11.5. The maximum absolute atomic E-state index is 12.6. The van der Waals surface area contributed by atoms with Crippen molar-refractivity contribution in [3.05, 3.63) is 12.2 Å². The van der Waals surface area contributed by atoms with Crippen molar-refractivity contribution in [1.82, 2.24) is 5.32 Å². The molecule has 0 spiro atoms. The van der Waals surface area contributed by atoms with Crippen molar-refractivity contribution in [1.29, 1.82) is 0 Å². The van der Waals surface area contributed by atoms with Crippen molar-refractivity contribution in [3.63, 3.8) is 0 Å². The number of hydrogen-bond donors (Lipinski definition) is 1. The maximum atomic E-state index is 12.6. The molecule has 0 aromatic heterocycles. The Balaban J connectivity index is 6.23. The lowest BCUT2D eigenvalue weighted by atomic mass is 10.0. The lowest BCUT2D eigenvalue weighted by Gasteiger charge is -2.31. The second kappa shape index (κ2) is 6.78. The van der Waals surface area contributed by atoms with E-state index in [2.05, 4.69) is 6.58 Å². The summed E-state index contributed by atoms with van der Waals surface area (Å²) < 4.78 is 118. The van der Waals surface area contributed by atoms with Crippen molar-refractivity contribution >= 4 is 25.6 Å². The van der Waals surface area contributed by atoms with Crippen molar-refractivity contribution < 1.29 is 48.0 Å². The molecular formula is C11H15F6NO5S2. The first kappa shape index (κ1) is 23.7. The predicted octanol–water partition coefficient (Wildman–Crippen LogP) is 2.04. The van der Waals surface area contributed by atoms with Gasteiger partial charge < -0.3 is 5.32 Å². The second-order valence-corrected chi connectivity index (χ2v) is 10.3. The van der Waals surface area contributed by atoms with Gasteiger partial charge in [0, 0.05) is 17.5 Å². The summed E-state index contributed by atoms with van der Waals surface area (Å²) >= 11 is 0. The van der Waals surface area contributed by atoms with Crippen LogP contribution in [0.15, 0.2) is 12.2 Å². The summed E-state index contributed by atoms with van der Waals surface area (Å²) in [6.07, 6.45) is -1.68. The number of halogens is 6. The van der Waals surface area contributed by atoms with Crippen LogP contribution < -0.4 is 5.32 Å². The van der Waals surface area contributed by atoms with Gasteiger partial charge >= 0.3 is 11.0 Å². The van der Waals surface area contributed by atoms with Crippen LogP contribution in [-0.4, -0.2) is 43.9 Å². The molecule has 0 fully saturated rings. The first-order valence-electron chi connectivity index (χ1n) is 6.25. The highest BCUT2D eigenvalue weighted by atomic mass is 32.3. The Morgan fingerprint density at radius 2 is 1.28 bits per heavy atom. The van der Waals surface area contributed by atoms with Gasteiger partial charge in [0.05, 0.1) is 0 Å². The van der Waals surface area contributed by atoms with Crippen LogP contribution in [0.3, 0.4) is 0 Å². The summed E-state index contributed by atoms with van der Waals surface area (Å²) in [6, 6.07) is 0. The van der Waals surface area contributed by atoms with Crippen LogP contribution in [0.25, 0.3) is 0 Å². The third-order valence-corrected chi connectivity index (χ3v) is 7.38. The fraction of sp³-hybridized carbons (Fsp3) is 0.727. The standard InChI is InChI=1S/C11H15F6NO5S2/c1-6(2)8(19)18-9(3,4)5-7(24(20,21)10(12,13)14)25(22,23)11(15,16)17/h7H,1,5H2,2-4H3,(H,18,19). The number of carbonyl (C=O) groups excluding carboxylic acids is 1. The van der Waals surface area contributed by atoms with Crippen molar-refractivity contribution in [2.45, 2.75) is 48.3 Å². The monoisotopic (exact) mass is 419 g/mol. The van der Waals surface area contributed by atoms with Crippen molar-refractivity contribution in [2.75, 3.05) is 0 Å². The van der Waals surface area contributed by atoms with E-state index in [9.17, 15) is 48.0 Å². The number of nitrogens with one attached hydrogen (secondary N) is 1. The van der Waals surface area contributed by atoms with Crippen molar-refractivity contribution in [3.8, 4) is 0 Å². The molecule has 0 atom stereocenters. The largest absolute Gasteiger partial charge is 0.498 e. The molecule has 0 saturated heterocycles. The van der Waals surface area contributed by atoms with Gasteiger partial charge in [-0.25, -0.2) is 16.8 Å². The number of alkyl halides is 6. The molecule has 0 saturated carbocycles. The van der Waals surface area contributed by atoms with Crippen molar-refractivity contribution in [2.24, 2.45) is 0 Å². The number of carbonyl (C=O) groups is 1. The van der Waals surface area contributed by atoms with E-state index in [-0.39, 0.29) is 5.57 Å². The number of amides is 1.